The van der Waals surface area contributed by atoms with Crippen LogP contribution >= 0.6 is 0 Å². The smallest absolute Gasteiger partial charge is 0.343 e. The van der Waals surface area contributed by atoms with Crippen molar-refractivity contribution in [1.29, 1.82) is 0 Å². The molecule has 0 bridgehead atoms. The van der Waals surface area contributed by atoms with Crippen LogP contribution in [0.15, 0.2) is 85.5 Å². The molecule has 0 aromatic heterocycles. The van der Waals surface area contributed by atoms with Crippen LogP contribution in [-0.2, 0) is 16.0 Å². The predicted molar refractivity (Wildman–Crippen MR) is 147 cm³/mol. The van der Waals surface area contributed by atoms with Crippen LogP contribution in [0.2, 0.25) is 0 Å². The molecule has 3 rings (SSSR count). The van der Waals surface area contributed by atoms with Gasteiger partial charge in [-0.1, -0.05) is 88.9 Å². The van der Waals surface area contributed by atoms with Gasteiger partial charge in [0, 0.05) is 6.08 Å². The van der Waals surface area contributed by atoms with Crippen LogP contribution in [0.3, 0.4) is 0 Å². The van der Waals surface area contributed by atoms with Crippen molar-refractivity contribution in [3.05, 3.63) is 96.6 Å². The van der Waals surface area contributed by atoms with Crippen LogP contribution in [0.5, 0.6) is 11.5 Å². The van der Waals surface area contributed by atoms with Gasteiger partial charge in [-0.25, -0.2) is 9.59 Å². The maximum Gasteiger partial charge on any atom is 0.343 e. The lowest BCUT2D eigenvalue weighted by atomic mass is 9.94. The molecule has 0 saturated carbocycles. The normalized spacial score (nSPS) is 11.4. The first-order valence-electron chi connectivity index (χ1n) is 12.9. The fraction of sp³-hybridized carbons (Fsp3) is 0.312. The molecule has 37 heavy (non-hydrogen) atoms. The summed E-state index contributed by atoms with van der Waals surface area (Å²) in [6, 6.07) is 22.6. The van der Waals surface area contributed by atoms with E-state index in [1.54, 1.807) is 36.4 Å². The minimum atomic E-state index is -0.563. The van der Waals surface area contributed by atoms with E-state index in [0.717, 1.165) is 23.6 Å². The molecule has 3 aromatic carbocycles. The highest BCUT2D eigenvalue weighted by Gasteiger charge is 2.10. The van der Waals surface area contributed by atoms with Crippen LogP contribution in [0, 0.1) is 5.92 Å². The Bertz CT molecular complexity index is 1130. The van der Waals surface area contributed by atoms with Gasteiger partial charge in [-0.2, -0.15) is 0 Å². The molecule has 0 N–H and O–H groups in total. The van der Waals surface area contributed by atoms with Crippen LogP contribution in [0.1, 0.15) is 61.9 Å². The Hall–Kier alpha value is -3.86. The predicted octanol–water partition coefficient (Wildman–Crippen LogP) is 7.79. The van der Waals surface area contributed by atoms with Crippen molar-refractivity contribution >= 4 is 11.9 Å². The number of benzene rings is 3. The zero-order valence-corrected chi connectivity index (χ0v) is 21.8. The van der Waals surface area contributed by atoms with Crippen molar-refractivity contribution in [2.75, 3.05) is 6.79 Å². The number of unbranched alkanes of at least 4 members (excludes halogenated alkanes) is 3. The zero-order valence-electron chi connectivity index (χ0n) is 21.8. The summed E-state index contributed by atoms with van der Waals surface area (Å²) < 4.78 is 15.5. The summed E-state index contributed by atoms with van der Waals surface area (Å²) in [4.78, 5) is 23.6. The topological polar surface area (TPSA) is 61.8 Å². The molecular weight excluding hydrogens is 464 g/mol. The summed E-state index contributed by atoms with van der Waals surface area (Å²) in [5.41, 5.74) is 4.00. The average Bonchev–Trinajstić information content (AvgIpc) is 2.92. The van der Waals surface area contributed by atoms with Gasteiger partial charge in [0.25, 0.3) is 0 Å². The molecule has 3 aromatic rings. The summed E-state index contributed by atoms with van der Waals surface area (Å²) >= 11 is 0. The van der Waals surface area contributed by atoms with E-state index in [2.05, 4.69) is 44.7 Å². The van der Waals surface area contributed by atoms with Crippen LogP contribution in [-0.4, -0.2) is 18.7 Å². The molecular formula is C32H36O5. The first-order valence-corrected chi connectivity index (χ1v) is 12.9. The van der Waals surface area contributed by atoms with Gasteiger partial charge in [0.2, 0.25) is 6.79 Å². The SMILES string of the molecule is C=CC(=O)OCOc1ccc(OC(=O)c2ccc(-c3ccc(CC(C)CCCCCC)cc3)cc2)cc1. The van der Waals surface area contributed by atoms with E-state index in [1.165, 1.54) is 37.7 Å². The number of carbonyl (C=O) groups excluding carboxylic acids is 2. The van der Waals surface area contributed by atoms with Gasteiger partial charge in [0.15, 0.2) is 0 Å². The second-order valence-electron chi connectivity index (χ2n) is 9.22. The molecule has 0 spiro atoms. The molecule has 0 radical (unpaired) electrons. The minimum absolute atomic E-state index is 0.225. The Kier molecular flexibility index (Phi) is 11.0. The maximum atomic E-state index is 12.6. The number of hydrogen-bond donors (Lipinski definition) is 0. The van der Waals surface area contributed by atoms with E-state index in [9.17, 15) is 9.59 Å². The molecule has 5 nitrogen and oxygen atoms in total. The maximum absolute atomic E-state index is 12.6. The lowest BCUT2D eigenvalue weighted by Gasteiger charge is -2.12. The molecule has 0 aliphatic rings. The van der Waals surface area contributed by atoms with Crippen molar-refractivity contribution in [2.24, 2.45) is 5.92 Å². The molecule has 194 valence electrons. The highest BCUT2D eigenvalue weighted by Crippen LogP contribution is 2.24. The summed E-state index contributed by atoms with van der Waals surface area (Å²) in [7, 11) is 0. The molecule has 1 atom stereocenters. The van der Waals surface area contributed by atoms with Gasteiger partial charge in [0.05, 0.1) is 5.56 Å². The van der Waals surface area contributed by atoms with Gasteiger partial charge >= 0.3 is 11.9 Å². The highest BCUT2D eigenvalue weighted by molar-refractivity contribution is 5.91. The molecule has 0 aliphatic heterocycles. The van der Waals surface area contributed by atoms with Gasteiger partial charge < -0.3 is 14.2 Å². The van der Waals surface area contributed by atoms with Crippen LogP contribution < -0.4 is 9.47 Å². The third-order valence-corrected chi connectivity index (χ3v) is 6.17. The van der Waals surface area contributed by atoms with Gasteiger partial charge in [-0.15, -0.1) is 0 Å². The second kappa shape index (κ2) is 14.6. The lowest BCUT2D eigenvalue weighted by Crippen LogP contribution is -2.09. The molecule has 0 aliphatic carbocycles. The summed E-state index contributed by atoms with van der Waals surface area (Å²) in [6.45, 7) is 7.67. The standard InChI is InChI=1S/C32H36O5/c1-4-6-7-8-9-24(3)22-25-10-12-26(13-11-25)27-14-16-28(17-15-27)32(34)37-30-20-18-29(19-21-30)35-23-36-31(33)5-2/h5,10-21,24H,2,4,6-9,22-23H2,1,3H3. The number of rotatable bonds is 14. The summed E-state index contributed by atoms with van der Waals surface area (Å²) in [5.74, 6) is 0.557. The largest absolute Gasteiger partial charge is 0.457 e. The summed E-state index contributed by atoms with van der Waals surface area (Å²) in [6.07, 6.45) is 8.71. The lowest BCUT2D eigenvalue weighted by molar-refractivity contribution is -0.144. The highest BCUT2D eigenvalue weighted by atomic mass is 16.7. The van der Waals surface area contributed by atoms with Gasteiger partial charge in [-0.05, 0) is 65.4 Å². The van der Waals surface area contributed by atoms with E-state index in [-0.39, 0.29) is 6.79 Å². The van der Waals surface area contributed by atoms with E-state index in [0.29, 0.717) is 23.0 Å². The molecule has 0 fully saturated rings. The molecule has 0 saturated heterocycles. The first kappa shape index (κ1) is 27.7. The minimum Gasteiger partial charge on any atom is -0.457 e. The van der Waals surface area contributed by atoms with Crippen molar-refractivity contribution in [3.8, 4) is 22.6 Å². The number of carbonyl (C=O) groups is 2. The molecule has 0 amide bonds. The Labute approximate surface area is 220 Å². The quantitative estimate of drug-likeness (QED) is 0.0743. The van der Waals surface area contributed by atoms with Crippen molar-refractivity contribution in [3.63, 3.8) is 0 Å². The average molecular weight is 501 g/mol. The fourth-order valence-electron chi connectivity index (χ4n) is 4.04. The van der Waals surface area contributed by atoms with Crippen LogP contribution in [0.4, 0.5) is 0 Å². The monoisotopic (exact) mass is 500 g/mol. The van der Waals surface area contributed by atoms with Gasteiger partial charge in [-0.3, -0.25) is 0 Å². The van der Waals surface area contributed by atoms with Crippen molar-refractivity contribution in [1.82, 2.24) is 0 Å². The number of esters is 2. The van der Waals surface area contributed by atoms with Gasteiger partial charge in [0.1, 0.15) is 11.5 Å². The molecule has 5 heteroatoms. The Morgan fingerprint density at radius 3 is 2.08 bits per heavy atom. The van der Waals surface area contributed by atoms with Crippen molar-refractivity contribution < 1.29 is 23.8 Å². The molecule has 1 unspecified atom stereocenters. The first-order chi connectivity index (χ1) is 18.0. The van der Waals surface area contributed by atoms with E-state index in [4.69, 9.17) is 14.2 Å². The fourth-order valence-corrected chi connectivity index (χ4v) is 4.04. The molecule has 0 heterocycles. The Balaban J connectivity index is 1.49. The van der Waals surface area contributed by atoms with Crippen LogP contribution in [0.25, 0.3) is 11.1 Å². The second-order valence-corrected chi connectivity index (χ2v) is 9.22. The zero-order chi connectivity index (χ0) is 26.5. The Morgan fingerprint density at radius 2 is 1.46 bits per heavy atom. The number of ether oxygens (including phenoxy) is 3. The Morgan fingerprint density at radius 1 is 0.838 bits per heavy atom. The summed E-state index contributed by atoms with van der Waals surface area (Å²) in [5, 5.41) is 0. The third kappa shape index (κ3) is 9.26. The van der Waals surface area contributed by atoms with E-state index < -0.39 is 11.9 Å². The van der Waals surface area contributed by atoms with E-state index in [1.807, 2.05) is 12.1 Å². The van der Waals surface area contributed by atoms with E-state index >= 15 is 0 Å². The van der Waals surface area contributed by atoms with Crippen molar-refractivity contribution in [2.45, 2.75) is 52.4 Å². The third-order valence-electron chi connectivity index (χ3n) is 6.17. The number of hydrogen-bond acceptors (Lipinski definition) is 5.